The SMILES string of the molecule is CN1C2CCC1C1c3ccccc3CC1C2.Cl. The van der Waals surface area contributed by atoms with E-state index in [-0.39, 0.29) is 12.4 Å². The van der Waals surface area contributed by atoms with Crippen LogP contribution in [0, 0.1) is 5.92 Å². The zero-order chi connectivity index (χ0) is 10.7. The lowest BCUT2D eigenvalue weighted by atomic mass is 9.81. The lowest BCUT2D eigenvalue weighted by molar-refractivity contribution is 0.117. The Hall–Kier alpha value is -0.530. The Balaban J connectivity index is 0.000000902. The Bertz CT molecular complexity index is 431. The molecule has 1 aliphatic carbocycles. The highest BCUT2D eigenvalue weighted by Gasteiger charge is 2.48. The minimum Gasteiger partial charge on any atom is -0.300 e. The molecule has 2 heterocycles. The molecule has 4 rings (SSSR count). The van der Waals surface area contributed by atoms with Gasteiger partial charge in [-0.15, -0.1) is 12.4 Å². The number of halogens is 1. The summed E-state index contributed by atoms with van der Waals surface area (Å²) in [4.78, 5) is 2.67. The van der Waals surface area contributed by atoms with Gasteiger partial charge in [-0.2, -0.15) is 0 Å². The number of hydrogen-bond acceptors (Lipinski definition) is 1. The maximum atomic E-state index is 2.67. The van der Waals surface area contributed by atoms with E-state index >= 15 is 0 Å². The van der Waals surface area contributed by atoms with Crippen LogP contribution in [0.4, 0.5) is 0 Å². The lowest BCUT2D eigenvalue weighted by Gasteiger charge is -2.40. The fourth-order valence-corrected chi connectivity index (χ4v) is 4.57. The zero-order valence-corrected chi connectivity index (χ0v) is 11.1. The van der Waals surface area contributed by atoms with Crippen molar-refractivity contribution in [1.82, 2.24) is 4.90 Å². The smallest absolute Gasteiger partial charge is 0.0167 e. The van der Waals surface area contributed by atoms with Crippen molar-refractivity contribution >= 4 is 12.4 Å². The molecule has 2 saturated heterocycles. The molecule has 0 N–H and O–H groups in total. The van der Waals surface area contributed by atoms with Gasteiger partial charge in [0.05, 0.1) is 0 Å². The zero-order valence-electron chi connectivity index (χ0n) is 10.3. The largest absolute Gasteiger partial charge is 0.300 e. The third kappa shape index (κ3) is 1.49. The van der Waals surface area contributed by atoms with Crippen molar-refractivity contribution in [3.8, 4) is 0 Å². The molecule has 4 unspecified atom stereocenters. The molecule has 2 aliphatic heterocycles. The molecule has 1 aromatic carbocycles. The number of rotatable bonds is 0. The van der Waals surface area contributed by atoms with Crippen LogP contribution < -0.4 is 0 Å². The normalized spacial score (nSPS) is 38.4. The van der Waals surface area contributed by atoms with Gasteiger partial charge in [-0.25, -0.2) is 0 Å². The molecule has 17 heavy (non-hydrogen) atoms. The molecule has 3 aliphatic rings. The molecule has 0 aromatic heterocycles. The molecule has 2 bridgehead atoms. The first-order valence-electron chi connectivity index (χ1n) is 6.64. The van der Waals surface area contributed by atoms with Crippen molar-refractivity contribution in [2.75, 3.05) is 7.05 Å². The molecular formula is C15H20ClN. The highest BCUT2D eigenvalue weighted by atomic mass is 35.5. The number of nitrogens with zero attached hydrogens (tertiary/aromatic N) is 1. The van der Waals surface area contributed by atoms with E-state index in [1.54, 1.807) is 11.1 Å². The van der Waals surface area contributed by atoms with Crippen LogP contribution in [-0.4, -0.2) is 24.0 Å². The first kappa shape index (κ1) is 11.6. The first-order chi connectivity index (χ1) is 7.84. The summed E-state index contributed by atoms with van der Waals surface area (Å²) in [5, 5.41) is 0. The van der Waals surface area contributed by atoms with Crippen molar-refractivity contribution in [2.45, 2.75) is 43.7 Å². The first-order valence-corrected chi connectivity index (χ1v) is 6.64. The van der Waals surface area contributed by atoms with Gasteiger partial charge in [0.15, 0.2) is 0 Å². The fourth-order valence-electron chi connectivity index (χ4n) is 4.57. The van der Waals surface area contributed by atoms with Crippen LogP contribution in [0.1, 0.15) is 36.3 Å². The van der Waals surface area contributed by atoms with Crippen LogP contribution in [0.25, 0.3) is 0 Å². The van der Waals surface area contributed by atoms with Crippen LogP contribution in [0.3, 0.4) is 0 Å². The van der Waals surface area contributed by atoms with E-state index in [1.165, 1.54) is 25.7 Å². The van der Waals surface area contributed by atoms with Gasteiger partial charge in [-0.1, -0.05) is 24.3 Å². The average molecular weight is 250 g/mol. The molecule has 0 spiro atoms. The van der Waals surface area contributed by atoms with E-state index in [1.807, 2.05) is 0 Å². The van der Waals surface area contributed by atoms with Crippen molar-refractivity contribution in [1.29, 1.82) is 0 Å². The second-order valence-electron chi connectivity index (χ2n) is 5.89. The summed E-state index contributed by atoms with van der Waals surface area (Å²) in [5.74, 6) is 1.80. The van der Waals surface area contributed by atoms with Crippen LogP contribution >= 0.6 is 12.4 Å². The summed E-state index contributed by atoms with van der Waals surface area (Å²) in [6.07, 6.45) is 5.65. The number of piperidine rings is 1. The van der Waals surface area contributed by atoms with Crippen molar-refractivity contribution in [3.05, 3.63) is 35.4 Å². The summed E-state index contributed by atoms with van der Waals surface area (Å²) >= 11 is 0. The fraction of sp³-hybridized carbons (Fsp3) is 0.600. The van der Waals surface area contributed by atoms with Gasteiger partial charge >= 0.3 is 0 Å². The Kier molecular flexibility index (Phi) is 2.72. The van der Waals surface area contributed by atoms with Crippen molar-refractivity contribution < 1.29 is 0 Å². The van der Waals surface area contributed by atoms with Crippen LogP contribution in [0.15, 0.2) is 24.3 Å². The maximum Gasteiger partial charge on any atom is 0.0167 e. The van der Waals surface area contributed by atoms with E-state index in [9.17, 15) is 0 Å². The minimum atomic E-state index is 0. The lowest BCUT2D eigenvalue weighted by Crippen LogP contribution is -2.43. The van der Waals surface area contributed by atoms with Gasteiger partial charge in [0.25, 0.3) is 0 Å². The van der Waals surface area contributed by atoms with Crippen LogP contribution in [0.5, 0.6) is 0 Å². The van der Waals surface area contributed by atoms with E-state index in [0.29, 0.717) is 0 Å². The van der Waals surface area contributed by atoms with Crippen molar-refractivity contribution in [3.63, 3.8) is 0 Å². The summed E-state index contributed by atoms with van der Waals surface area (Å²) in [5.41, 5.74) is 3.31. The quantitative estimate of drug-likeness (QED) is 0.683. The third-order valence-corrected chi connectivity index (χ3v) is 5.29. The van der Waals surface area contributed by atoms with E-state index in [0.717, 1.165) is 23.9 Å². The summed E-state index contributed by atoms with van der Waals surface area (Å²) in [7, 11) is 2.35. The topological polar surface area (TPSA) is 3.24 Å². The highest BCUT2D eigenvalue weighted by Crippen LogP contribution is 2.52. The Morgan fingerprint density at radius 2 is 2.00 bits per heavy atom. The van der Waals surface area contributed by atoms with E-state index in [4.69, 9.17) is 0 Å². The van der Waals surface area contributed by atoms with Gasteiger partial charge in [-0.05, 0) is 49.8 Å². The molecule has 92 valence electrons. The van der Waals surface area contributed by atoms with Crippen LogP contribution in [-0.2, 0) is 6.42 Å². The monoisotopic (exact) mass is 249 g/mol. The van der Waals surface area contributed by atoms with Gasteiger partial charge in [0.1, 0.15) is 0 Å². The highest BCUT2D eigenvalue weighted by molar-refractivity contribution is 5.85. The van der Waals surface area contributed by atoms with Gasteiger partial charge < -0.3 is 0 Å². The summed E-state index contributed by atoms with van der Waals surface area (Å²) < 4.78 is 0. The Morgan fingerprint density at radius 1 is 1.18 bits per heavy atom. The summed E-state index contributed by atoms with van der Waals surface area (Å²) in [6.45, 7) is 0. The van der Waals surface area contributed by atoms with Crippen LogP contribution in [0.2, 0.25) is 0 Å². The molecule has 1 nitrogen and oxygen atoms in total. The molecule has 1 aromatic rings. The minimum absolute atomic E-state index is 0. The second-order valence-corrected chi connectivity index (χ2v) is 5.89. The third-order valence-electron chi connectivity index (χ3n) is 5.29. The van der Waals surface area contributed by atoms with Gasteiger partial charge in [0, 0.05) is 18.0 Å². The number of fused-ring (bicyclic) bond motifs is 6. The molecular weight excluding hydrogens is 230 g/mol. The molecule has 0 amide bonds. The maximum absolute atomic E-state index is 2.67. The number of benzene rings is 1. The molecule has 0 radical (unpaired) electrons. The molecule has 4 atom stereocenters. The predicted molar refractivity (Wildman–Crippen MR) is 72.8 cm³/mol. The molecule has 2 heteroatoms. The Morgan fingerprint density at radius 3 is 2.88 bits per heavy atom. The summed E-state index contributed by atoms with van der Waals surface area (Å²) in [6, 6.07) is 10.9. The second kappa shape index (κ2) is 4.00. The molecule has 0 saturated carbocycles. The predicted octanol–water partition coefficient (Wildman–Crippen LogP) is 3.23. The number of likely N-dealkylation sites (N-methyl/N-ethyl adjacent to an activating group) is 1. The molecule has 2 fully saturated rings. The average Bonchev–Trinajstić information content (AvgIpc) is 2.76. The Labute approximate surface area is 110 Å². The van der Waals surface area contributed by atoms with E-state index in [2.05, 4.69) is 36.2 Å². The van der Waals surface area contributed by atoms with Gasteiger partial charge in [-0.3, -0.25) is 4.90 Å². The van der Waals surface area contributed by atoms with Gasteiger partial charge in [0.2, 0.25) is 0 Å². The van der Waals surface area contributed by atoms with E-state index < -0.39 is 0 Å². The van der Waals surface area contributed by atoms with Crippen molar-refractivity contribution in [2.24, 2.45) is 5.92 Å². The standard InChI is InChI=1S/C15H19N.ClH/c1-16-12-6-7-14(16)15-11(9-12)8-10-4-2-3-5-13(10)15;/h2-5,11-12,14-15H,6-9H2,1H3;1H. The number of hydrogen-bond donors (Lipinski definition) is 0.